The van der Waals surface area contributed by atoms with Gasteiger partial charge in [-0.1, -0.05) is 23.7 Å². The van der Waals surface area contributed by atoms with E-state index in [0.29, 0.717) is 0 Å². The van der Waals surface area contributed by atoms with E-state index in [9.17, 15) is 0 Å². The van der Waals surface area contributed by atoms with Crippen LogP contribution in [-0.2, 0) is 4.74 Å². The molecule has 1 aromatic carbocycles. The number of H-pyrrole nitrogens is 1. The summed E-state index contributed by atoms with van der Waals surface area (Å²) in [5.41, 5.74) is 3.32. The van der Waals surface area contributed by atoms with Crippen molar-refractivity contribution in [3.05, 3.63) is 47.7 Å². The fraction of sp³-hybridized carbons (Fsp3) is 0.235. The van der Waals surface area contributed by atoms with Crippen LogP contribution >= 0.6 is 11.6 Å². The Hall–Kier alpha value is -2.04. The van der Waals surface area contributed by atoms with Crippen LogP contribution in [-0.4, -0.2) is 36.3 Å². The molecule has 2 aromatic heterocycles. The van der Waals surface area contributed by atoms with Crippen molar-refractivity contribution in [1.82, 2.24) is 9.97 Å². The summed E-state index contributed by atoms with van der Waals surface area (Å²) < 4.78 is 5.45. The molecule has 3 heterocycles. The summed E-state index contributed by atoms with van der Waals surface area (Å²) in [7, 11) is 0. The van der Waals surface area contributed by atoms with Gasteiger partial charge in [0.15, 0.2) is 0 Å². The van der Waals surface area contributed by atoms with E-state index in [2.05, 4.69) is 20.9 Å². The molecular formula is C17H16ClN3O. The minimum atomic E-state index is 0.740. The van der Waals surface area contributed by atoms with Crippen LogP contribution in [0.3, 0.4) is 0 Å². The molecule has 1 fully saturated rings. The van der Waals surface area contributed by atoms with E-state index < -0.39 is 0 Å². The lowest BCUT2D eigenvalue weighted by atomic mass is 10.0. The highest BCUT2D eigenvalue weighted by atomic mass is 35.5. The van der Waals surface area contributed by atoms with E-state index in [0.717, 1.165) is 59.2 Å². The van der Waals surface area contributed by atoms with Crippen molar-refractivity contribution >= 4 is 28.3 Å². The van der Waals surface area contributed by atoms with Crippen LogP contribution in [0.2, 0.25) is 5.02 Å². The lowest BCUT2D eigenvalue weighted by molar-refractivity contribution is 0.122. The molecule has 0 amide bonds. The van der Waals surface area contributed by atoms with Crippen LogP contribution < -0.4 is 4.90 Å². The summed E-state index contributed by atoms with van der Waals surface area (Å²) in [6, 6.07) is 9.93. The Morgan fingerprint density at radius 2 is 2.05 bits per heavy atom. The van der Waals surface area contributed by atoms with Gasteiger partial charge in [-0.05, 0) is 23.8 Å². The molecule has 1 aliphatic heterocycles. The molecular weight excluding hydrogens is 298 g/mol. The van der Waals surface area contributed by atoms with Crippen molar-refractivity contribution in [3.8, 4) is 11.1 Å². The summed E-state index contributed by atoms with van der Waals surface area (Å²) >= 11 is 6.15. The maximum Gasteiger partial charge on any atom is 0.138 e. The number of rotatable bonds is 2. The number of hydrogen-bond donors (Lipinski definition) is 1. The van der Waals surface area contributed by atoms with Crippen LogP contribution in [0.1, 0.15) is 0 Å². The molecule has 0 saturated carbocycles. The predicted octanol–water partition coefficient (Wildman–Crippen LogP) is 3.72. The molecule has 1 saturated heterocycles. The third kappa shape index (κ3) is 2.34. The van der Waals surface area contributed by atoms with Crippen molar-refractivity contribution in [2.75, 3.05) is 31.2 Å². The topological polar surface area (TPSA) is 41.2 Å². The molecule has 0 atom stereocenters. The lowest BCUT2D eigenvalue weighted by Gasteiger charge is -2.28. The zero-order chi connectivity index (χ0) is 14.9. The van der Waals surface area contributed by atoms with E-state index in [1.54, 1.807) is 0 Å². The number of pyridine rings is 1. The maximum absolute atomic E-state index is 6.15. The Labute approximate surface area is 133 Å². The van der Waals surface area contributed by atoms with E-state index in [1.807, 2.05) is 36.7 Å². The SMILES string of the molecule is Clc1cccc(-c2c[nH]c3ccnc(N4CCOCC4)c23)c1. The first-order chi connectivity index (χ1) is 10.8. The van der Waals surface area contributed by atoms with Gasteiger partial charge < -0.3 is 14.6 Å². The second-order valence-electron chi connectivity index (χ2n) is 5.37. The predicted molar refractivity (Wildman–Crippen MR) is 89.6 cm³/mol. The van der Waals surface area contributed by atoms with Gasteiger partial charge in [-0.3, -0.25) is 0 Å². The van der Waals surface area contributed by atoms with Gasteiger partial charge in [0, 0.05) is 41.5 Å². The van der Waals surface area contributed by atoms with Crippen LogP contribution in [0.25, 0.3) is 22.0 Å². The molecule has 0 radical (unpaired) electrons. The first-order valence-electron chi connectivity index (χ1n) is 7.37. The highest BCUT2D eigenvalue weighted by Gasteiger charge is 2.18. The molecule has 1 N–H and O–H groups in total. The molecule has 22 heavy (non-hydrogen) atoms. The van der Waals surface area contributed by atoms with Gasteiger partial charge in [0.1, 0.15) is 5.82 Å². The Morgan fingerprint density at radius 1 is 1.18 bits per heavy atom. The first-order valence-corrected chi connectivity index (χ1v) is 7.75. The number of aromatic nitrogens is 2. The summed E-state index contributed by atoms with van der Waals surface area (Å²) in [5, 5.41) is 1.88. The maximum atomic E-state index is 6.15. The standard InChI is InChI=1S/C17H16ClN3O/c18-13-3-1-2-12(10-13)14-11-20-15-4-5-19-17(16(14)15)21-6-8-22-9-7-21/h1-5,10-11,20H,6-9H2. The number of hydrogen-bond acceptors (Lipinski definition) is 3. The van der Waals surface area contributed by atoms with Crippen LogP contribution in [0.5, 0.6) is 0 Å². The number of morpholine rings is 1. The molecule has 1 aliphatic rings. The second kappa shape index (κ2) is 5.63. The first kappa shape index (κ1) is 13.6. The monoisotopic (exact) mass is 313 g/mol. The quantitative estimate of drug-likeness (QED) is 0.784. The Kier molecular flexibility index (Phi) is 3.48. The molecule has 4 nitrogen and oxygen atoms in total. The number of benzene rings is 1. The Morgan fingerprint density at radius 3 is 2.86 bits per heavy atom. The van der Waals surface area contributed by atoms with Gasteiger partial charge in [0.05, 0.1) is 18.7 Å². The van der Waals surface area contributed by atoms with Crippen molar-refractivity contribution < 1.29 is 4.74 Å². The van der Waals surface area contributed by atoms with Crippen molar-refractivity contribution in [2.45, 2.75) is 0 Å². The molecule has 0 unspecified atom stereocenters. The second-order valence-corrected chi connectivity index (χ2v) is 5.81. The smallest absolute Gasteiger partial charge is 0.138 e. The van der Waals surface area contributed by atoms with Gasteiger partial charge in [-0.15, -0.1) is 0 Å². The Balaban J connectivity index is 1.89. The summed E-state index contributed by atoms with van der Waals surface area (Å²) in [6.45, 7) is 3.22. The molecule has 4 rings (SSSR count). The van der Waals surface area contributed by atoms with Crippen molar-refractivity contribution in [3.63, 3.8) is 0 Å². The molecule has 112 valence electrons. The van der Waals surface area contributed by atoms with E-state index in [4.69, 9.17) is 16.3 Å². The number of halogens is 1. The van der Waals surface area contributed by atoms with Gasteiger partial charge in [-0.2, -0.15) is 0 Å². The third-order valence-corrected chi connectivity index (χ3v) is 4.25. The van der Waals surface area contributed by atoms with Crippen molar-refractivity contribution in [1.29, 1.82) is 0 Å². The summed E-state index contributed by atoms with van der Waals surface area (Å²) in [6.07, 6.45) is 3.88. The zero-order valence-electron chi connectivity index (χ0n) is 12.1. The summed E-state index contributed by atoms with van der Waals surface area (Å²) in [4.78, 5) is 10.3. The Bertz CT molecular complexity index is 809. The zero-order valence-corrected chi connectivity index (χ0v) is 12.8. The van der Waals surface area contributed by atoms with Gasteiger partial charge in [0.25, 0.3) is 0 Å². The fourth-order valence-corrected chi connectivity index (χ4v) is 3.15. The van der Waals surface area contributed by atoms with Crippen LogP contribution in [0.4, 0.5) is 5.82 Å². The number of ether oxygens (including phenoxy) is 1. The molecule has 0 spiro atoms. The third-order valence-electron chi connectivity index (χ3n) is 4.02. The lowest BCUT2D eigenvalue weighted by Crippen LogP contribution is -2.36. The normalized spacial score (nSPS) is 15.4. The van der Waals surface area contributed by atoms with Crippen LogP contribution in [0.15, 0.2) is 42.7 Å². The fourth-order valence-electron chi connectivity index (χ4n) is 2.96. The van der Waals surface area contributed by atoms with Gasteiger partial charge in [-0.25, -0.2) is 4.98 Å². The molecule has 3 aromatic rings. The number of fused-ring (bicyclic) bond motifs is 1. The van der Waals surface area contributed by atoms with E-state index >= 15 is 0 Å². The minimum Gasteiger partial charge on any atom is -0.378 e. The molecule has 5 heteroatoms. The average molecular weight is 314 g/mol. The average Bonchev–Trinajstić information content (AvgIpc) is 3.00. The molecule has 0 bridgehead atoms. The van der Waals surface area contributed by atoms with E-state index in [-0.39, 0.29) is 0 Å². The highest BCUT2D eigenvalue weighted by molar-refractivity contribution is 6.31. The molecule has 0 aliphatic carbocycles. The van der Waals surface area contributed by atoms with E-state index in [1.165, 1.54) is 0 Å². The largest absolute Gasteiger partial charge is 0.378 e. The van der Waals surface area contributed by atoms with Crippen molar-refractivity contribution in [2.24, 2.45) is 0 Å². The number of anilines is 1. The number of nitrogens with zero attached hydrogens (tertiary/aromatic N) is 2. The van der Waals surface area contributed by atoms with Gasteiger partial charge in [0.2, 0.25) is 0 Å². The van der Waals surface area contributed by atoms with Gasteiger partial charge >= 0.3 is 0 Å². The summed E-state index contributed by atoms with van der Waals surface area (Å²) in [5.74, 6) is 1.01. The number of aromatic amines is 1. The van der Waals surface area contributed by atoms with Crippen LogP contribution in [0, 0.1) is 0 Å². The minimum absolute atomic E-state index is 0.740. The highest BCUT2D eigenvalue weighted by Crippen LogP contribution is 2.35. The number of nitrogens with one attached hydrogen (secondary N) is 1.